The first-order valence-corrected chi connectivity index (χ1v) is 7.60. The molecular weight excluding hydrogens is 290 g/mol. The average Bonchev–Trinajstić information content (AvgIpc) is 2.61. The van der Waals surface area contributed by atoms with Crippen molar-refractivity contribution >= 4 is 0 Å². The molecular formula is C19H21NO3. The van der Waals surface area contributed by atoms with E-state index in [0.717, 1.165) is 11.1 Å². The zero-order valence-electron chi connectivity index (χ0n) is 13.1. The van der Waals surface area contributed by atoms with E-state index in [0.29, 0.717) is 26.4 Å². The van der Waals surface area contributed by atoms with Crippen LogP contribution in [0.2, 0.25) is 0 Å². The molecule has 0 heterocycles. The summed E-state index contributed by atoms with van der Waals surface area (Å²) < 4.78 is 16.8. The number of nitrogens with zero attached hydrogens (tertiary/aromatic N) is 1. The van der Waals surface area contributed by atoms with Crippen molar-refractivity contribution in [2.75, 3.05) is 19.8 Å². The zero-order valence-corrected chi connectivity index (χ0v) is 13.1. The van der Waals surface area contributed by atoms with Crippen LogP contribution >= 0.6 is 0 Å². The number of nitriles is 1. The van der Waals surface area contributed by atoms with Gasteiger partial charge in [-0.3, -0.25) is 0 Å². The quantitative estimate of drug-likeness (QED) is 0.675. The minimum absolute atomic E-state index is 0.0358. The fraction of sp³-hybridized carbons (Fsp3) is 0.316. The fourth-order valence-corrected chi connectivity index (χ4v) is 2.06. The van der Waals surface area contributed by atoms with Crippen LogP contribution in [0.25, 0.3) is 0 Å². The first-order valence-electron chi connectivity index (χ1n) is 7.60. The average molecular weight is 311 g/mol. The topological polar surface area (TPSA) is 51.5 Å². The molecule has 2 aromatic carbocycles. The van der Waals surface area contributed by atoms with Crippen molar-refractivity contribution < 1.29 is 14.2 Å². The van der Waals surface area contributed by atoms with Crippen LogP contribution in [0.4, 0.5) is 0 Å². The second kappa shape index (κ2) is 10.5. The maximum absolute atomic E-state index is 8.67. The van der Waals surface area contributed by atoms with E-state index in [1.807, 2.05) is 66.7 Å². The Labute approximate surface area is 137 Å². The fourth-order valence-electron chi connectivity index (χ4n) is 2.06. The van der Waals surface area contributed by atoms with Gasteiger partial charge in [0, 0.05) is 0 Å². The molecule has 23 heavy (non-hydrogen) atoms. The van der Waals surface area contributed by atoms with Crippen LogP contribution < -0.4 is 0 Å². The molecule has 0 aromatic heterocycles. The number of hydrogen-bond donors (Lipinski definition) is 0. The Bertz CT molecular complexity index is 535. The summed E-state index contributed by atoms with van der Waals surface area (Å²) in [5.41, 5.74) is 2.22. The Morgan fingerprint density at radius 3 is 1.70 bits per heavy atom. The molecule has 0 atom stereocenters. The predicted octanol–water partition coefficient (Wildman–Crippen LogP) is 3.33. The Hall–Kier alpha value is -2.19. The van der Waals surface area contributed by atoms with Gasteiger partial charge < -0.3 is 14.2 Å². The van der Waals surface area contributed by atoms with Crippen LogP contribution in [-0.4, -0.2) is 25.9 Å². The molecule has 4 nitrogen and oxygen atoms in total. The lowest BCUT2D eigenvalue weighted by atomic mass is 10.2. The minimum atomic E-state index is -0.248. The predicted molar refractivity (Wildman–Crippen MR) is 87.5 cm³/mol. The Kier molecular flexibility index (Phi) is 7.85. The van der Waals surface area contributed by atoms with Crippen molar-refractivity contribution in [2.24, 2.45) is 0 Å². The highest BCUT2D eigenvalue weighted by molar-refractivity contribution is 5.14. The van der Waals surface area contributed by atoms with Crippen LogP contribution in [0, 0.1) is 11.3 Å². The summed E-state index contributed by atoms with van der Waals surface area (Å²) in [5, 5.41) is 8.67. The summed E-state index contributed by atoms with van der Waals surface area (Å²) in [4.78, 5) is 0. The molecule has 0 aliphatic rings. The summed E-state index contributed by atoms with van der Waals surface area (Å²) in [6.07, 6.45) is -0.248. The van der Waals surface area contributed by atoms with E-state index in [2.05, 4.69) is 0 Å². The lowest BCUT2D eigenvalue weighted by Crippen LogP contribution is -2.26. The van der Waals surface area contributed by atoms with E-state index in [9.17, 15) is 0 Å². The first kappa shape index (κ1) is 17.2. The van der Waals surface area contributed by atoms with Gasteiger partial charge in [-0.2, -0.15) is 5.26 Å². The van der Waals surface area contributed by atoms with Gasteiger partial charge in [0.2, 0.25) is 0 Å². The molecule has 4 heteroatoms. The SMILES string of the molecule is N#CCOC(COCc1ccccc1)COCc1ccccc1. The van der Waals surface area contributed by atoms with Gasteiger partial charge in [-0.25, -0.2) is 0 Å². The summed E-state index contributed by atoms with van der Waals surface area (Å²) in [6, 6.07) is 21.9. The number of ether oxygens (including phenoxy) is 3. The highest BCUT2D eigenvalue weighted by atomic mass is 16.6. The maximum Gasteiger partial charge on any atom is 0.134 e. The van der Waals surface area contributed by atoms with Crippen LogP contribution in [0.15, 0.2) is 60.7 Å². The molecule has 0 saturated carbocycles. The Morgan fingerprint density at radius 2 is 1.26 bits per heavy atom. The van der Waals surface area contributed by atoms with Crippen LogP contribution in [0.1, 0.15) is 11.1 Å². The van der Waals surface area contributed by atoms with Crippen molar-refractivity contribution in [3.8, 4) is 6.07 Å². The highest BCUT2D eigenvalue weighted by Gasteiger charge is 2.10. The van der Waals surface area contributed by atoms with Crippen LogP contribution in [-0.2, 0) is 27.4 Å². The summed E-state index contributed by atoms with van der Waals surface area (Å²) >= 11 is 0. The molecule has 0 unspecified atom stereocenters. The minimum Gasteiger partial charge on any atom is -0.374 e. The Morgan fingerprint density at radius 1 is 0.783 bits per heavy atom. The van der Waals surface area contributed by atoms with Crippen molar-refractivity contribution in [1.82, 2.24) is 0 Å². The molecule has 0 aliphatic carbocycles. The third-order valence-corrected chi connectivity index (χ3v) is 3.21. The van der Waals surface area contributed by atoms with Crippen molar-refractivity contribution in [3.05, 3.63) is 71.8 Å². The maximum atomic E-state index is 8.67. The van der Waals surface area contributed by atoms with Crippen molar-refractivity contribution in [3.63, 3.8) is 0 Å². The third kappa shape index (κ3) is 7.07. The monoisotopic (exact) mass is 311 g/mol. The third-order valence-electron chi connectivity index (χ3n) is 3.21. The normalized spacial score (nSPS) is 10.6. The summed E-state index contributed by atoms with van der Waals surface area (Å²) in [6.45, 7) is 1.86. The van der Waals surface area contributed by atoms with Crippen molar-refractivity contribution in [1.29, 1.82) is 5.26 Å². The molecule has 0 radical (unpaired) electrons. The van der Waals surface area contributed by atoms with Gasteiger partial charge >= 0.3 is 0 Å². The van der Waals surface area contributed by atoms with Gasteiger partial charge in [0.05, 0.1) is 32.5 Å². The van der Waals surface area contributed by atoms with E-state index >= 15 is 0 Å². The van der Waals surface area contributed by atoms with Crippen molar-refractivity contribution in [2.45, 2.75) is 19.3 Å². The molecule has 0 amide bonds. The van der Waals surface area contributed by atoms with Gasteiger partial charge in [0.15, 0.2) is 0 Å². The largest absolute Gasteiger partial charge is 0.374 e. The Balaban J connectivity index is 1.71. The first-order chi connectivity index (χ1) is 11.4. The summed E-state index contributed by atoms with van der Waals surface area (Å²) in [5.74, 6) is 0. The van der Waals surface area contributed by atoms with E-state index in [-0.39, 0.29) is 12.7 Å². The van der Waals surface area contributed by atoms with Gasteiger partial charge in [-0.1, -0.05) is 60.7 Å². The second-order valence-corrected chi connectivity index (χ2v) is 5.09. The molecule has 2 rings (SSSR count). The van der Waals surface area contributed by atoms with Gasteiger partial charge in [0.25, 0.3) is 0 Å². The summed E-state index contributed by atoms with van der Waals surface area (Å²) in [7, 11) is 0. The van der Waals surface area contributed by atoms with Crippen LogP contribution in [0.3, 0.4) is 0 Å². The van der Waals surface area contributed by atoms with E-state index in [1.54, 1.807) is 0 Å². The highest BCUT2D eigenvalue weighted by Crippen LogP contribution is 2.05. The lowest BCUT2D eigenvalue weighted by Gasteiger charge is -2.17. The number of hydrogen-bond acceptors (Lipinski definition) is 4. The second-order valence-electron chi connectivity index (χ2n) is 5.09. The standard InChI is InChI=1S/C19H21NO3/c20-11-12-23-19(15-21-13-17-7-3-1-4-8-17)16-22-14-18-9-5-2-6-10-18/h1-10,19H,12-16H2. The molecule has 0 fully saturated rings. The number of rotatable bonds is 10. The number of benzene rings is 2. The molecule has 120 valence electrons. The van der Waals surface area contributed by atoms with Gasteiger partial charge in [-0.05, 0) is 11.1 Å². The molecule has 2 aromatic rings. The molecule has 0 saturated heterocycles. The van der Waals surface area contributed by atoms with Gasteiger partial charge in [0.1, 0.15) is 12.7 Å². The lowest BCUT2D eigenvalue weighted by molar-refractivity contribution is -0.0577. The van der Waals surface area contributed by atoms with E-state index in [4.69, 9.17) is 19.5 Å². The van der Waals surface area contributed by atoms with E-state index < -0.39 is 0 Å². The zero-order chi connectivity index (χ0) is 16.2. The molecule has 0 N–H and O–H groups in total. The molecule has 0 bridgehead atoms. The van der Waals surface area contributed by atoms with Gasteiger partial charge in [-0.15, -0.1) is 0 Å². The van der Waals surface area contributed by atoms with E-state index in [1.165, 1.54) is 0 Å². The molecule has 0 aliphatic heterocycles. The molecule has 0 spiro atoms. The smallest absolute Gasteiger partial charge is 0.134 e. The van der Waals surface area contributed by atoms with Crippen LogP contribution in [0.5, 0.6) is 0 Å².